The molecule has 0 bridgehead atoms. The molecule has 7 nitrogen and oxygen atoms in total. The highest BCUT2D eigenvalue weighted by Crippen LogP contribution is 2.22. The summed E-state index contributed by atoms with van der Waals surface area (Å²) in [7, 11) is 0. The zero-order valence-electron chi connectivity index (χ0n) is 20.8. The molecule has 2 aliphatic heterocycles. The lowest BCUT2D eigenvalue weighted by molar-refractivity contribution is -0.132. The molecule has 0 radical (unpaired) electrons. The molecule has 33 heavy (non-hydrogen) atoms. The molecular formula is C26H40N6O. The number of carbonyl (C=O) groups excluding carboxylic acids is 1. The van der Waals surface area contributed by atoms with Crippen LogP contribution in [0.15, 0.2) is 24.4 Å². The fourth-order valence-corrected chi connectivity index (χ4v) is 5.28. The number of rotatable bonds is 7. The molecule has 1 amide bonds. The molecule has 0 spiro atoms. The van der Waals surface area contributed by atoms with Gasteiger partial charge in [-0.3, -0.25) is 14.4 Å². The van der Waals surface area contributed by atoms with Crippen molar-refractivity contribution in [3.63, 3.8) is 0 Å². The van der Waals surface area contributed by atoms with Gasteiger partial charge in [0.15, 0.2) is 0 Å². The highest BCUT2D eigenvalue weighted by molar-refractivity contribution is 5.79. The number of carbonyl (C=O) groups is 1. The summed E-state index contributed by atoms with van der Waals surface area (Å²) in [4.78, 5) is 24.7. The van der Waals surface area contributed by atoms with E-state index in [0.717, 1.165) is 81.5 Å². The fourth-order valence-electron chi connectivity index (χ4n) is 5.28. The number of amides is 1. The van der Waals surface area contributed by atoms with Gasteiger partial charge in [-0.1, -0.05) is 19.9 Å². The van der Waals surface area contributed by atoms with Crippen LogP contribution in [0, 0.1) is 25.7 Å². The summed E-state index contributed by atoms with van der Waals surface area (Å²) in [5, 5.41) is 4.70. The molecule has 2 aliphatic rings. The van der Waals surface area contributed by atoms with Crippen LogP contribution >= 0.6 is 0 Å². The largest absolute Gasteiger partial charge is 0.354 e. The number of aromatic nitrogens is 3. The highest BCUT2D eigenvalue weighted by atomic mass is 16.2. The number of hydrogen-bond acceptors (Lipinski definition) is 5. The Hall–Kier alpha value is -2.41. The van der Waals surface area contributed by atoms with Crippen molar-refractivity contribution in [2.75, 3.05) is 50.7 Å². The Kier molecular flexibility index (Phi) is 7.68. The molecular weight excluding hydrogens is 412 g/mol. The number of anilines is 1. The van der Waals surface area contributed by atoms with Gasteiger partial charge < -0.3 is 9.80 Å². The zero-order chi connectivity index (χ0) is 23.4. The first kappa shape index (κ1) is 23.7. The minimum absolute atomic E-state index is 0.259. The first-order valence-corrected chi connectivity index (χ1v) is 12.6. The van der Waals surface area contributed by atoms with Gasteiger partial charge in [0.1, 0.15) is 5.82 Å². The molecule has 2 aromatic heterocycles. The lowest BCUT2D eigenvalue weighted by atomic mass is 9.96. The lowest BCUT2D eigenvalue weighted by Crippen LogP contribution is -2.50. The number of pyridine rings is 1. The summed E-state index contributed by atoms with van der Waals surface area (Å²) in [5.41, 5.74) is 3.27. The van der Waals surface area contributed by atoms with E-state index in [9.17, 15) is 4.79 Å². The van der Waals surface area contributed by atoms with Crippen LogP contribution < -0.4 is 4.90 Å². The van der Waals surface area contributed by atoms with Gasteiger partial charge in [-0.2, -0.15) is 5.10 Å². The second-order valence-corrected chi connectivity index (χ2v) is 10.2. The Bertz CT molecular complexity index is 916. The Labute approximate surface area is 198 Å². The predicted octanol–water partition coefficient (Wildman–Crippen LogP) is 3.15. The standard InChI is InChI=1S/C26H40N6O/c1-20(2)17-32-22(4)24(21(3)28-32)16-26(33)31-11-7-8-23(19-31)18-29-12-14-30(15-13-29)25-9-5-6-10-27-25/h5-6,9-10,20,23H,7-8,11-19H2,1-4H3. The summed E-state index contributed by atoms with van der Waals surface area (Å²) < 4.78 is 2.08. The van der Waals surface area contributed by atoms with Crippen molar-refractivity contribution in [2.45, 2.75) is 53.5 Å². The zero-order valence-corrected chi connectivity index (χ0v) is 20.8. The molecule has 2 saturated heterocycles. The van der Waals surface area contributed by atoms with Crippen molar-refractivity contribution >= 4 is 11.7 Å². The Morgan fingerprint density at radius 1 is 1.12 bits per heavy atom. The molecule has 2 fully saturated rings. The molecule has 0 saturated carbocycles. The lowest BCUT2D eigenvalue weighted by Gasteiger charge is -2.39. The summed E-state index contributed by atoms with van der Waals surface area (Å²) in [6.45, 7) is 16.5. The van der Waals surface area contributed by atoms with Crippen LogP contribution in [0.5, 0.6) is 0 Å². The molecule has 0 N–H and O–H groups in total. The van der Waals surface area contributed by atoms with Gasteiger partial charge in [0.2, 0.25) is 5.91 Å². The van der Waals surface area contributed by atoms with E-state index in [2.05, 4.69) is 57.3 Å². The van der Waals surface area contributed by atoms with Crippen molar-refractivity contribution in [1.82, 2.24) is 24.6 Å². The molecule has 1 unspecified atom stereocenters. The van der Waals surface area contributed by atoms with E-state index < -0.39 is 0 Å². The number of piperazine rings is 1. The van der Waals surface area contributed by atoms with Crippen molar-refractivity contribution in [3.8, 4) is 0 Å². The van der Waals surface area contributed by atoms with Crippen molar-refractivity contribution in [3.05, 3.63) is 41.3 Å². The average Bonchev–Trinajstić information content (AvgIpc) is 3.07. The summed E-state index contributed by atoms with van der Waals surface area (Å²) in [6.07, 6.45) is 4.67. The molecule has 7 heteroatoms. The van der Waals surface area contributed by atoms with Crippen molar-refractivity contribution < 1.29 is 4.79 Å². The van der Waals surface area contributed by atoms with Gasteiger partial charge in [0, 0.05) is 69.8 Å². The van der Waals surface area contributed by atoms with E-state index in [1.54, 1.807) is 0 Å². The molecule has 1 atom stereocenters. The molecule has 0 aliphatic carbocycles. The highest BCUT2D eigenvalue weighted by Gasteiger charge is 2.28. The van der Waals surface area contributed by atoms with Crippen LogP contribution in [0.1, 0.15) is 43.6 Å². The summed E-state index contributed by atoms with van der Waals surface area (Å²) >= 11 is 0. The maximum Gasteiger partial charge on any atom is 0.227 e. The Morgan fingerprint density at radius 2 is 1.91 bits per heavy atom. The summed E-state index contributed by atoms with van der Waals surface area (Å²) in [6, 6.07) is 6.12. The van der Waals surface area contributed by atoms with Gasteiger partial charge in [-0.05, 0) is 50.7 Å². The SMILES string of the molecule is Cc1nn(CC(C)C)c(C)c1CC(=O)N1CCCC(CN2CCN(c3ccccn3)CC2)C1. The smallest absolute Gasteiger partial charge is 0.227 e. The number of nitrogens with zero attached hydrogens (tertiary/aromatic N) is 6. The molecule has 2 aromatic rings. The number of aryl methyl sites for hydroxylation is 1. The monoisotopic (exact) mass is 452 g/mol. The van der Waals surface area contributed by atoms with Gasteiger partial charge in [-0.25, -0.2) is 4.98 Å². The van der Waals surface area contributed by atoms with Crippen LogP contribution in [0.4, 0.5) is 5.82 Å². The normalized spacial score (nSPS) is 20.0. The Balaban J connectivity index is 1.28. The Morgan fingerprint density at radius 3 is 2.61 bits per heavy atom. The fraction of sp³-hybridized carbons (Fsp3) is 0.654. The van der Waals surface area contributed by atoms with Crippen LogP contribution in [0.25, 0.3) is 0 Å². The minimum Gasteiger partial charge on any atom is -0.354 e. The topological polar surface area (TPSA) is 57.5 Å². The maximum absolute atomic E-state index is 13.2. The number of hydrogen-bond donors (Lipinski definition) is 0. The van der Waals surface area contributed by atoms with Gasteiger partial charge in [0.25, 0.3) is 0 Å². The maximum atomic E-state index is 13.2. The van der Waals surface area contributed by atoms with E-state index in [1.807, 2.05) is 19.2 Å². The van der Waals surface area contributed by atoms with Crippen LogP contribution in [0.2, 0.25) is 0 Å². The van der Waals surface area contributed by atoms with Gasteiger partial charge in [-0.15, -0.1) is 0 Å². The van der Waals surface area contributed by atoms with E-state index in [1.165, 1.54) is 6.42 Å². The number of likely N-dealkylation sites (tertiary alicyclic amines) is 1. The minimum atomic E-state index is 0.259. The van der Waals surface area contributed by atoms with Crippen molar-refractivity contribution in [1.29, 1.82) is 0 Å². The molecule has 4 heterocycles. The first-order valence-electron chi connectivity index (χ1n) is 12.6. The third-order valence-corrected chi connectivity index (χ3v) is 7.13. The molecule has 4 rings (SSSR count). The second-order valence-electron chi connectivity index (χ2n) is 10.2. The van der Waals surface area contributed by atoms with E-state index in [-0.39, 0.29) is 5.91 Å². The quantitative estimate of drug-likeness (QED) is 0.646. The van der Waals surface area contributed by atoms with E-state index >= 15 is 0 Å². The van der Waals surface area contributed by atoms with Gasteiger partial charge in [0.05, 0.1) is 12.1 Å². The molecule has 180 valence electrons. The third kappa shape index (κ3) is 5.94. The van der Waals surface area contributed by atoms with E-state index in [0.29, 0.717) is 18.3 Å². The van der Waals surface area contributed by atoms with Crippen LogP contribution in [-0.2, 0) is 17.8 Å². The van der Waals surface area contributed by atoms with Crippen LogP contribution in [0.3, 0.4) is 0 Å². The second kappa shape index (κ2) is 10.7. The van der Waals surface area contributed by atoms with Gasteiger partial charge >= 0.3 is 0 Å². The van der Waals surface area contributed by atoms with E-state index in [4.69, 9.17) is 5.10 Å². The summed E-state index contributed by atoms with van der Waals surface area (Å²) in [5.74, 6) is 2.44. The first-order chi connectivity index (χ1) is 15.9. The predicted molar refractivity (Wildman–Crippen MR) is 132 cm³/mol. The van der Waals surface area contributed by atoms with Crippen molar-refractivity contribution in [2.24, 2.45) is 11.8 Å². The number of piperidine rings is 1. The molecule has 0 aromatic carbocycles. The third-order valence-electron chi connectivity index (χ3n) is 7.13. The van der Waals surface area contributed by atoms with Crippen LogP contribution in [-0.4, -0.2) is 76.3 Å². The average molecular weight is 453 g/mol.